The van der Waals surface area contributed by atoms with Crippen molar-refractivity contribution >= 4 is 17.7 Å². The SMILES string of the molecule is CC[C@@H](Sc1ncc(-c2ccc3c(c2)OCCO3)n1CC)C(N)=O. The number of rotatable bonds is 6. The van der Waals surface area contributed by atoms with Crippen molar-refractivity contribution in [3.8, 4) is 22.8 Å². The summed E-state index contributed by atoms with van der Waals surface area (Å²) in [5, 5.41) is 0.527. The van der Waals surface area contributed by atoms with Gasteiger partial charge in [-0.25, -0.2) is 4.98 Å². The highest BCUT2D eigenvalue weighted by Gasteiger charge is 2.20. The summed E-state index contributed by atoms with van der Waals surface area (Å²) in [5.41, 5.74) is 7.44. The van der Waals surface area contributed by atoms with Crippen LogP contribution in [0.25, 0.3) is 11.3 Å². The minimum Gasteiger partial charge on any atom is -0.486 e. The number of thioether (sulfide) groups is 1. The van der Waals surface area contributed by atoms with E-state index in [1.54, 1.807) is 0 Å². The second kappa shape index (κ2) is 7.17. The van der Waals surface area contributed by atoms with Gasteiger partial charge in [-0.05, 0) is 31.5 Å². The third kappa shape index (κ3) is 3.21. The molecule has 1 amide bonds. The van der Waals surface area contributed by atoms with Crippen molar-refractivity contribution in [3.05, 3.63) is 24.4 Å². The predicted octanol–water partition coefficient (Wildman–Crippen LogP) is 2.70. The monoisotopic (exact) mass is 347 g/mol. The minimum atomic E-state index is -0.311. The van der Waals surface area contributed by atoms with Crippen LogP contribution in [0.5, 0.6) is 11.5 Å². The van der Waals surface area contributed by atoms with Crippen LogP contribution in [0.15, 0.2) is 29.6 Å². The first kappa shape index (κ1) is 16.7. The summed E-state index contributed by atoms with van der Waals surface area (Å²) in [6, 6.07) is 5.88. The van der Waals surface area contributed by atoms with E-state index < -0.39 is 0 Å². The summed E-state index contributed by atoms with van der Waals surface area (Å²) >= 11 is 1.41. The van der Waals surface area contributed by atoms with E-state index in [2.05, 4.69) is 16.5 Å². The van der Waals surface area contributed by atoms with Gasteiger partial charge in [0, 0.05) is 12.1 Å². The lowest BCUT2D eigenvalue weighted by atomic mass is 10.1. The van der Waals surface area contributed by atoms with Crippen LogP contribution in [0.4, 0.5) is 0 Å². The zero-order valence-corrected chi connectivity index (χ0v) is 14.6. The van der Waals surface area contributed by atoms with E-state index in [0.717, 1.165) is 34.5 Å². The van der Waals surface area contributed by atoms with Gasteiger partial charge in [0.1, 0.15) is 13.2 Å². The Morgan fingerprint density at radius 2 is 2.08 bits per heavy atom. The largest absolute Gasteiger partial charge is 0.486 e. The van der Waals surface area contributed by atoms with Gasteiger partial charge in [-0.1, -0.05) is 18.7 Å². The second-order valence-corrected chi connectivity index (χ2v) is 6.62. The average Bonchev–Trinajstić information content (AvgIpc) is 3.01. The van der Waals surface area contributed by atoms with Crippen LogP contribution >= 0.6 is 11.8 Å². The summed E-state index contributed by atoms with van der Waals surface area (Å²) in [5.74, 6) is 1.20. The lowest BCUT2D eigenvalue weighted by Gasteiger charge is -2.19. The summed E-state index contributed by atoms with van der Waals surface area (Å²) in [6.45, 7) is 5.89. The van der Waals surface area contributed by atoms with E-state index in [0.29, 0.717) is 19.6 Å². The van der Waals surface area contributed by atoms with Gasteiger partial charge in [0.2, 0.25) is 5.91 Å². The minimum absolute atomic E-state index is 0.272. The molecule has 3 rings (SSSR count). The van der Waals surface area contributed by atoms with Crippen molar-refractivity contribution in [1.82, 2.24) is 9.55 Å². The number of nitrogens with two attached hydrogens (primary N) is 1. The molecule has 6 nitrogen and oxygen atoms in total. The number of ether oxygens (including phenoxy) is 2. The number of hydrogen-bond donors (Lipinski definition) is 1. The van der Waals surface area contributed by atoms with Crippen molar-refractivity contribution < 1.29 is 14.3 Å². The summed E-state index contributed by atoms with van der Waals surface area (Å²) < 4.78 is 13.3. The second-order valence-electron chi connectivity index (χ2n) is 5.45. The Kier molecular flexibility index (Phi) is 4.99. The number of hydrogen-bond acceptors (Lipinski definition) is 5. The number of primary amides is 1. The highest BCUT2D eigenvalue weighted by atomic mass is 32.2. The molecule has 7 heteroatoms. The van der Waals surface area contributed by atoms with Gasteiger partial charge >= 0.3 is 0 Å². The van der Waals surface area contributed by atoms with Gasteiger partial charge in [-0.2, -0.15) is 0 Å². The van der Waals surface area contributed by atoms with E-state index in [-0.39, 0.29) is 11.2 Å². The number of nitrogens with zero attached hydrogens (tertiary/aromatic N) is 2. The molecular weight excluding hydrogens is 326 g/mol. The normalized spacial score (nSPS) is 14.4. The van der Waals surface area contributed by atoms with Crippen LogP contribution in [0.3, 0.4) is 0 Å². The van der Waals surface area contributed by atoms with Crippen molar-refractivity contribution in [3.63, 3.8) is 0 Å². The maximum Gasteiger partial charge on any atom is 0.231 e. The average molecular weight is 347 g/mol. The Bertz CT molecular complexity index is 745. The van der Waals surface area contributed by atoms with Crippen molar-refractivity contribution in [2.75, 3.05) is 13.2 Å². The Hall–Kier alpha value is -2.15. The molecule has 1 aliphatic rings. The summed E-state index contributed by atoms with van der Waals surface area (Å²) in [7, 11) is 0. The van der Waals surface area contributed by atoms with E-state index in [4.69, 9.17) is 15.2 Å². The van der Waals surface area contributed by atoms with Crippen molar-refractivity contribution in [2.45, 2.75) is 37.2 Å². The topological polar surface area (TPSA) is 79.4 Å². The molecule has 128 valence electrons. The fraction of sp³-hybridized carbons (Fsp3) is 0.412. The van der Waals surface area contributed by atoms with E-state index in [1.807, 2.05) is 31.3 Å². The van der Waals surface area contributed by atoms with Crippen molar-refractivity contribution in [2.24, 2.45) is 5.73 Å². The molecule has 1 aromatic heterocycles. The fourth-order valence-corrected chi connectivity index (χ4v) is 3.67. The molecule has 24 heavy (non-hydrogen) atoms. The standard InChI is InChI=1S/C17H21N3O3S/c1-3-15(16(18)21)24-17-19-10-12(20(17)4-2)11-5-6-13-14(9-11)23-8-7-22-13/h5-6,9-10,15H,3-4,7-8H2,1-2H3,(H2,18,21)/t15-/m1/s1. The molecule has 0 bridgehead atoms. The Balaban J connectivity index is 1.93. The van der Waals surface area contributed by atoms with Gasteiger partial charge in [0.25, 0.3) is 0 Å². The van der Waals surface area contributed by atoms with E-state index in [9.17, 15) is 4.79 Å². The molecule has 0 fully saturated rings. The molecule has 0 unspecified atom stereocenters. The zero-order chi connectivity index (χ0) is 17.1. The number of amides is 1. The number of carbonyl (C=O) groups excluding carboxylic acids is 1. The number of aromatic nitrogens is 2. The zero-order valence-electron chi connectivity index (χ0n) is 13.8. The Morgan fingerprint density at radius 1 is 1.33 bits per heavy atom. The summed E-state index contributed by atoms with van der Waals surface area (Å²) in [6.07, 6.45) is 2.50. The van der Waals surface area contributed by atoms with Gasteiger partial charge in [-0.15, -0.1) is 0 Å². The van der Waals surface area contributed by atoms with E-state index in [1.165, 1.54) is 11.8 Å². The van der Waals surface area contributed by atoms with Crippen LogP contribution in [-0.2, 0) is 11.3 Å². The highest BCUT2D eigenvalue weighted by molar-refractivity contribution is 8.00. The molecule has 0 spiro atoms. The van der Waals surface area contributed by atoms with Gasteiger partial charge in [-0.3, -0.25) is 4.79 Å². The Labute approximate surface area is 145 Å². The van der Waals surface area contributed by atoms with Gasteiger partial charge in [0.05, 0.1) is 17.1 Å². The van der Waals surface area contributed by atoms with Crippen molar-refractivity contribution in [1.29, 1.82) is 0 Å². The smallest absolute Gasteiger partial charge is 0.231 e. The van der Waals surface area contributed by atoms with Crippen LogP contribution in [0, 0.1) is 0 Å². The maximum atomic E-state index is 11.5. The highest BCUT2D eigenvalue weighted by Crippen LogP contribution is 2.36. The fourth-order valence-electron chi connectivity index (χ4n) is 2.66. The molecule has 2 N–H and O–H groups in total. The molecule has 1 atom stereocenters. The van der Waals surface area contributed by atoms with Crippen LogP contribution in [0.1, 0.15) is 20.3 Å². The molecule has 0 radical (unpaired) electrons. The quantitative estimate of drug-likeness (QED) is 0.813. The maximum absolute atomic E-state index is 11.5. The predicted molar refractivity (Wildman–Crippen MR) is 93.5 cm³/mol. The van der Waals surface area contributed by atoms with Crippen LogP contribution in [-0.4, -0.2) is 33.9 Å². The molecule has 2 heterocycles. The van der Waals surface area contributed by atoms with Gasteiger partial charge in [0.15, 0.2) is 16.7 Å². The molecule has 1 aliphatic heterocycles. The first-order valence-corrected chi connectivity index (χ1v) is 8.93. The number of carbonyl (C=O) groups is 1. The molecular formula is C17H21N3O3S. The first-order chi connectivity index (χ1) is 11.6. The molecule has 0 saturated heterocycles. The molecule has 0 aliphatic carbocycles. The third-order valence-electron chi connectivity index (χ3n) is 3.91. The number of benzene rings is 1. The number of fused-ring (bicyclic) bond motifs is 1. The van der Waals surface area contributed by atoms with Crippen LogP contribution in [0.2, 0.25) is 0 Å². The van der Waals surface area contributed by atoms with Crippen LogP contribution < -0.4 is 15.2 Å². The Morgan fingerprint density at radius 3 is 2.75 bits per heavy atom. The first-order valence-electron chi connectivity index (χ1n) is 8.05. The molecule has 0 saturated carbocycles. The number of imidazole rings is 1. The summed E-state index contributed by atoms with van der Waals surface area (Å²) in [4.78, 5) is 16.0. The lowest BCUT2D eigenvalue weighted by Crippen LogP contribution is -2.25. The molecule has 2 aromatic rings. The van der Waals surface area contributed by atoms with Gasteiger partial charge < -0.3 is 19.8 Å². The lowest BCUT2D eigenvalue weighted by molar-refractivity contribution is -0.117. The van der Waals surface area contributed by atoms with E-state index >= 15 is 0 Å². The molecule has 1 aromatic carbocycles. The third-order valence-corrected chi connectivity index (χ3v) is 5.30.